The average Bonchev–Trinajstić information content (AvgIpc) is 2.27. The summed E-state index contributed by atoms with van der Waals surface area (Å²) in [5.74, 6) is -4.56. The summed E-state index contributed by atoms with van der Waals surface area (Å²) < 4.78 is 39.7. The monoisotopic (exact) mass is 278 g/mol. The van der Waals surface area contributed by atoms with Gasteiger partial charge in [-0.05, 0) is 12.1 Å². The van der Waals surface area contributed by atoms with Crippen molar-refractivity contribution in [1.29, 1.82) is 0 Å². The van der Waals surface area contributed by atoms with Gasteiger partial charge in [0.15, 0.2) is 0 Å². The molecule has 1 aromatic rings. The van der Waals surface area contributed by atoms with Crippen LogP contribution in [0.5, 0.6) is 5.75 Å². The number of nitrogens with two attached hydrogens (primary N) is 1. The van der Waals surface area contributed by atoms with Gasteiger partial charge in [0.2, 0.25) is 11.7 Å². The zero-order valence-electron chi connectivity index (χ0n) is 8.93. The van der Waals surface area contributed by atoms with Gasteiger partial charge in [0.25, 0.3) is 0 Å². The Kier molecular flexibility index (Phi) is 3.73. The predicted molar refractivity (Wildman–Crippen MR) is 53.3 cm³/mol. The van der Waals surface area contributed by atoms with Gasteiger partial charge in [-0.25, -0.2) is 4.79 Å². The van der Waals surface area contributed by atoms with Gasteiger partial charge in [0, 0.05) is 11.6 Å². The van der Waals surface area contributed by atoms with Gasteiger partial charge >= 0.3 is 17.8 Å². The SMILES string of the molecule is NC(=O)c1ccc(OC(=O)C(F)(F)F)c([N+](=O)[O-])c1. The van der Waals surface area contributed by atoms with Gasteiger partial charge in [-0.1, -0.05) is 0 Å². The molecule has 19 heavy (non-hydrogen) atoms. The van der Waals surface area contributed by atoms with Crippen LogP contribution in [-0.4, -0.2) is 23.0 Å². The lowest BCUT2D eigenvalue weighted by Crippen LogP contribution is -2.28. The number of ether oxygens (including phenoxy) is 1. The first-order valence-corrected chi connectivity index (χ1v) is 4.50. The number of rotatable bonds is 3. The largest absolute Gasteiger partial charge is 0.491 e. The number of alkyl halides is 3. The molecule has 1 rings (SSSR count). The third kappa shape index (κ3) is 3.40. The van der Waals surface area contributed by atoms with E-state index in [-0.39, 0.29) is 5.56 Å². The van der Waals surface area contributed by atoms with E-state index in [0.29, 0.717) is 12.1 Å². The Morgan fingerprint density at radius 1 is 1.32 bits per heavy atom. The fraction of sp³-hybridized carbons (Fsp3) is 0.111. The lowest BCUT2D eigenvalue weighted by atomic mass is 10.2. The molecule has 0 aliphatic heterocycles. The van der Waals surface area contributed by atoms with E-state index in [1.165, 1.54) is 0 Å². The number of carbonyl (C=O) groups is 2. The second-order valence-electron chi connectivity index (χ2n) is 3.19. The number of hydrogen-bond acceptors (Lipinski definition) is 5. The first-order chi connectivity index (χ1) is 8.62. The maximum atomic E-state index is 12.0. The van der Waals surface area contributed by atoms with Crippen LogP contribution in [0.2, 0.25) is 0 Å². The summed E-state index contributed by atoms with van der Waals surface area (Å²) in [5, 5.41) is 10.6. The van der Waals surface area contributed by atoms with Crippen LogP contribution in [0.15, 0.2) is 18.2 Å². The molecule has 102 valence electrons. The highest BCUT2D eigenvalue weighted by molar-refractivity contribution is 5.94. The Balaban J connectivity index is 3.18. The van der Waals surface area contributed by atoms with Crippen molar-refractivity contribution >= 4 is 17.6 Å². The quantitative estimate of drug-likeness (QED) is 0.386. The number of benzene rings is 1. The lowest BCUT2D eigenvalue weighted by Gasteiger charge is -2.07. The zero-order chi connectivity index (χ0) is 14.8. The van der Waals surface area contributed by atoms with Crippen LogP contribution in [0.25, 0.3) is 0 Å². The molecule has 1 amide bonds. The van der Waals surface area contributed by atoms with Crippen molar-refractivity contribution in [2.45, 2.75) is 6.18 Å². The molecule has 0 atom stereocenters. The third-order valence-electron chi connectivity index (χ3n) is 1.87. The number of halogens is 3. The highest BCUT2D eigenvalue weighted by Gasteiger charge is 2.42. The number of amides is 1. The maximum absolute atomic E-state index is 12.0. The first kappa shape index (κ1) is 14.4. The predicted octanol–water partition coefficient (Wildman–Crippen LogP) is 1.16. The van der Waals surface area contributed by atoms with Crippen LogP contribution in [0.4, 0.5) is 18.9 Å². The maximum Gasteiger partial charge on any atom is 0.491 e. The Labute approximate surface area is 102 Å². The van der Waals surface area contributed by atoms with Crippen molar-refractivity contribution < 1.29 is 32.4 Å². The Bertz CT molecular complexity index is 555. The summed E-state index contributed by atoms with van der Waals surface area (Å²) in [4.78, 5) is 30.8. The minimum Gasteiger partial charge on any atom is -0.412 e. The van der Waals surface area contributed by atoms with Gasteiger partial charge in [0.1, 0.15) is 0 Å². The van der Waals surface area contributed by atoms with E-state index in [0.717, 1.165) is 6.07 Å². The summed E-state index contributed by atoms with van der Waals surface area (Å²) in [6.45, 7) is 0. The molecule has 0 fully saturated rings. The first-order valence-electron chi connectivity index (χ1n) is 4.50. The Morgan fingerprint density at radius 3 is 2.32 bits per heavy atom. The van der Waals surface area contributed by atoms with E-state index >= 15 is 0 Å². The van der Waals surface area contributed by atoms with Crippen molar-refractivity contribution in [3.05, 3.63) is 33.9 Å². The second-order valence-corrected chi connectivity index (χ2v) is 3.19. The summed E-state index contributed by atoms with van der Waals surface area (Å²) in [7, 11) is 0. The number of esters is 1. The molecular formula is C9H5F3N2O5. The molecule has 0 saturated heterocycles. The molecule has 0 heterocycles. The smallest absolute Gasteiger partial charge is 0.412 e. The molecule has 2 N–H and O–H groups in total. The summed E-state index contributed by atoms with van der Waals surface area (Å²) in [6.07, 6.45) is -5.30. The molecule has 1 aromatic carbocycles. The molecule has 0 aliphatic carbocycles. The summed E-state index contributed by atoms with van der Waals surface area (Å²) in [6, 6.07) is 2.19. The number of nitrogens with zero attached hydrogens (tertiary/aromatic N) is 1. The number of carbonyl (C=O) groups excluding carboxylic acids is 2. The highest BCUT2D eigenvalue weighted by Crippen LogP contribution is 2.30. The third-order valence-corrected chi connectivity index (χ3v) is 1.87. The molecule has 0 unspecified atom stereocenters. The molecule has 0 aliphatic rings. The Hall–Kier alpha value is -2.65. The minimum absolute atomic E-state index is 0.307. The van der Waals surface area contributed by atoms with Crippen LogP contribution in [0.3, 0.4) is 0 Å². The molecule has 0 saturated carbocycles. The van der Waals surface area contributed by atoms with Gasteiger partial charge < -0.3 is 10.5 Å². The van der Waals surface area contributed by atoms with E-state index in [1.807, 2.05) is 0 Å². The topological polar surface area (TPSA) is 113 Å². The van der Waals surface area contributed by atoms with Crippen molar-refractivity contribution in [2.75, 3.05) is 0 Å². The van der Waals surface area contributed by atoms with Gasteiger partial charge in [-0.3, -0.25) is 14.9 Å². The van der Waals surface area contributed by atoms with E-state index in [9.17, 15) is 32.9 Å². The average molecular weight is 278 g/mol. The van der Waals surface area contributed by atoms with E-state index in [4.69, 9.17) is 5.73 Å². The van der Waals surface area contributed by atoms with Crippen LogP contribution in [0, 0.1) is 10.1 Å². The van der Waals surface area contributed by atoms with Crippen LogP contribution in [0.1, 0.15) is 10.4 Å². The minimum atomic E-state index is -5.30. The number of hydrogen-bond donors (Lipinski definition) is 1. The lowest BCUT2D eigenvalue weighted by molar-refractivity contribution is -0.385. The van der Waals surface area contributed by atoms with E-state index in [1.54, 1.807) is 0 Å². The normalized spacial score (nSPS) is 10.9. The highest BCUT2D eigenvalue weighted by atomic mass is 19.4. The van der Waals surface area contributed by atoms with E-state index < -0.39 is 34.4 Å². The van der Waals surface area contributed by atoms with E-state index in [2.05, 4.69) is 4.74 Å². The van der Waals surface area contributed by atoms with Crippen molar-refractivity contribution in [3.8, 4) is 5.75 Å². The molecule has 0 aromatic heterocycles. The molecular weight excluding hydrogens is 273 g/mol. The van der Waals surface area contributed by atoms with Crippen LogP contribution < -0.4 is 10.5 Å². The van der Waals surface area contributed by atoms with Crippen LogP contribution in [-0.2, 0) is 4.79 Å². The summed E-state index contributed by atoms with van der Waals surface area (Å²) in [5.41, 5.74) is 3.57. The number of nitro groups is 1. The number of nitro benzene ring substituents is 1. The van der Waals surface area contributed by atoms with Crippen LogP contribution >= 0.6 is 0 Å². The molecule has 10 heteroatoms. The van der Waals surface area contributed by atoms with Crippen molar-refractivity contribution in [2.24, 2.45) is 5.73 Å². The molecule has 0 spiro atoms. The Morgan fingerprint density at radius 2 is 1.89 bits per heavy atom. The second kappa shape index (κ2) is 4.92. The summed E-state index contributed by atoms with van der Waals surface area (Å²) >= 11 is 0. The molecule has 0 bridgehead atoms. The van der Waals surface area contributed by atoms with Crippen molar-refractivity contribution in [3.63, 3.8) is 0 Å². The zero-order valence-corrected chi connectivity index (χ0v) is 8.93. The molecule has 0 radical (unpaired) electrons. The number of primary amides is 1. The van der Waals surface area contributed by atoms with Gasteiger partial charge in [0.05, 0.1) is 4.92 Å². The fourth-order valence-electron chi connectivity index (χ4n) is 1.06. The standard InChI is InChI=1S/C9H5F3N2O5/c10-9(11,12)8(16)19-6-2-1-4(7(13)15)3-5(6)14(17)18/h1-3H,(H2,13,15). The van der Waals surface area contributed by atoms with Gasteiger partial charge in [-0.2, -0.15) is 13.2 Å². The van der Waals surface area contributed by atoms with Gasteiger partial charge in [-0.15, -0.1) is 0 Å². The van der Waals surface area contributed by atoms with Crippen molar-refractivity contribution in [1.82, 2.24) is 0 Å². The fourth-order valence-corrected chi connectivity index (χ4v) is 1.06. The molecule has 7 nitrogen and oxygen atoms in total.